The van der Waals surface area contributed by atoms with Gasteiger partial charge in [-0.1, -0.05) is 34.3 Å². The third-order valence-electron chi connectivity index (χ3n) is 3.65. The largest absolute Gasteiger partial charge is 0.337 e. The maximum absolute atomic E-state index is 12.6. The van der Waals surface area contributed by atoms with Crippen molar-refractivity contribution in [1.82, 2.24) is 14.5 Å². The third-order valence-corrected chi connectivity index (χ3v) is 4.42. The molecule has 1 saturated heterocycles. The molecule has 2 heterocycles. The van der Waals surface area contributed by atoms with E-state index in [4.69, 9.17) is 0 Å². The van der Waals surface area contributed by atoms with E-state index in [1.165, 1.54) is 23.5 Å². The number of hydrogen-bond donors (Lipinski definition) is 0. The average molecular weight is 287 g/mol. The molecule has 0 radical (unpaired) electrons. The molecule has 1 amide bonds. The van der Waals surface area contributed by atoms with Gasteiger partial charge in [-0.2, -0.15) is 0 Å². The van der Waals surface area contributed by atoms with Crippen LogP contribution in [0.3, 0.4) is 0 Å². The SMILES string of the molecule is Cc1ccc(-c2snnc2C(=O)N2CCCCC2)cc1. The van der Waals surface area contributed by atoms with Crippen LogP contribution in [-0.2, 0) is 0 Å². The first-order chi connectivity index (χ1) is 9.75. The van der Waals surface area contributed by atoms with Gasteiger partial charge in [-0.25, -0.2) is 0 Å². The first-order valence-electron chi connectivity index (χ1n) is 6.94. The molecule has 0 spiro atoms. The Hall–Kier alpha value is -1.75. The van der Waals surface area contributed by atoms with Gasteiger partial charge in [0.1, 0.15) is 0 Å². The number of carbonyl (C=O) groups excluding carboxylic acids is 1. The number of amides is 1. The molecule has 4 nitrogen and oxygen atoms in total. The zero-order valence-electron chi connectivity index (χ0n) is 11.5. The van der Waals surface area contributed by atoms with Crippen LogP contribution in [0.25, 0.3) is 10.4 Å². The van der Waals surface area contributed by atoms with Crippen molar-refractivity contribution in [2.24, 2.45) is 0 Å². The van der Waals surface area contributed by atoms with Gasteiger partial charge in [0.25, 0.3) is 5.91 Å². The van der Waals surface area contributed by atoms with E-state index in [9.17, 15) is 4.79 Å². The van der Waals surface area contributed by atoms with Gasteiger partial charge in [-0.15, -0.1) is 5.10 Å². The van der Waals surface area contributed by atoms with E-state index in [1.54, 1.807) is 0 Å². The van der Waals surface area contributed by atoms with Crippen LogP contribution in [0.5, 0.6) is 0 Å². The Morgan fingerprint density at radius 1 is 1.15 bits per heavy atom. The number of benzene rings is 1. The summed E-state index contributed by atoms with van der Waals surface area (Å²) in [6.45, 7) is 3.72. The summed E-state index contributed by atoms with van der Waals surface area (Å²) in [4.78, 5) is 15.3. The van der Waals surface area contributed by atoms with Crippen LogP contribution in [0.2, 0.25) is 0 Å². The maximum Gasteiger partial charge on any atom is 0.275 e. The van der Waals surface area contributed by atoms with Crippen molar-refractivity contribution in [2.45, 2.75) is 26.2 Å². The molecule has 1 fully saturated rings. The molecule has 0 atom stereocenters. The van der Waals surface area contributed by atoms with Crippen molar-refractivity contribution in [3.05, 3.63) is 35.5 Å². The van der Waals surface area contributed by atoms with Gasteiger partial charge in [0.2, 0.25) is 0 Å². The van der Waals surface area contributed by atoms with Crippen LogP contribution < -0.4 is 0 Å². The van der Waals surface area contributed by atoms with Crippen LogP contribution in [0.4, 0.5) is 0 Å². The minimum absolute atomic E-state index is 0.0222. The first kappa shape index (κ1) is 13.2. The molecular weight excluding hydrogens is 270 g/mol. The predicted molar refractivity (Wildman–Crippen MR) is 79.8 cm³/mol. The van der Waals surface area contributed by atoms with Crippen LogP contribution in [0.15, 0.2) is 24.3 Å². The fraction of sp³-hybridized carbons (Fsp3) is 0.400. The standard InChI is InChI=1S/C15H17N3OS/c1-11-5-7-12(8-6-11)14-13(16-17-20-14)15(19)18-9-3-2-4-10-18/h5-8H,2-4,9-10H2,1H3. The van der Waals surface area contributed by atoms with Gasteiger partial charge in [0, 0.05) is 13.1 Å². The molecule has 104 valence electrons. The topological polar surface area (TPSA) is 46.1 Å². The van der Waals surface area contributed by atoms with E-state index in [1.807, 2.05) is 29.2 Å². The number of likely N-dealkylation sites (tertiary alicyclic amines) is 1. The Labute approximate surface area is 122 Å². The summed E-state index contributed by atoms with van der Waals surface area (Å²) < 4.78 is 3.98. The van der Waals surface area contributed by atoms with Gasteiger partial charge in [0.05, 0.1) is 4.88 Å². The normalized spacial score (nSPS) is 15.3. The van der Waals surface area contributed by atoms with Crippen LogP contribution in [0, 0.1) is 6.92 Å². The maximum atomic E-state index is 12.6. The summed E-state index contributed by atoms with van der Waals surface area (Å²) in [6, 6.07) is 8.14. The van der Waals surface area contributed by atoms with Crippen molar-refractivity contribution in [1.29, 1.82) is 0 Å². The lowest BCUT2D eigenvalue weighted by atomic mass is 10.1. The highest BCUT2D eigenvalue weighted by atomic mass is 32.1. The van der Waals surface area contributed by atoms with Crippen molar-refractivity contribution in [3.63, 3.8) is 0 Å². The molecule has 0 N–H and O–H groups in total. The van der Waals surface area contributed by atoms with Gasteiger partial charge >= 0.3 is 0 Å². The Kier molecular flexibility index (Phi) is 3.78. The smallest absolute Gasteiger partial charge is 0.275 e. The van der Waals surface area contributed by atoms with Crippen LogP contribution in [0.1, 0.15) is 35.3 Å². The summed E-state index contributed by atoms with van der Waals surface area (Å²) in [5.41, 5.74) is 2.72. The highest BCUT2D eigenvalue weighted by Crippen LogP contribution is 2.27. The Morgan fingerprint density at radius 2 is 1.85 bits per heavy atom. The van der Waals surface area contributed by atoms with Crippen molar-refractivity contribution in [2.75, 3.05) is 13.1 Å². The molecular formula is C15H17N3OS. The van der Waals surface area contributed by atoms with Crippen LogP contribution >= 0.6 is 11.5 Å². The number of hydrogen-bond acceptors (Lipinski definition) is 4. The lowest BCUT2D eigenvalue weighted by Crippen LogP contribution is -2.36. The number of nitrogens with zero attached hydrogens (tertiary/aromatic N) is 3. The Morgan fingerprint density at radius 3 is 2.55 bits per heavy atom. The molecule has 1 aromatic carbocycles. The Bertz CT molecular complexity index is 600. The molecule has 5 heteroatoms. The molecule has 2 aromatic rings. The average Bonchev–Trinajstić information content (AvgIpc) is 2.97. The summed E-state index contributed by atoms with van der Waals surface area (Å²) in [5, 5.41) is 4.07. The highest BCUT2D eigenvalue weighted by Gasteiger charge is 2.24. The Balaban J connectivity index is 1.89. The minimum Gasteiger partial charge on any atom is -0.337 e. The summed E-state index contributed by atoms with van der Waals surface area (Å²) in [6.07, 6.45) is 3.39. The number of rotatable bonds is 2. The number of carbonyl (C=O) groups is 1. The lowest BCUT2D eigenvalue weighted by Gasteiger charge is -2.26. The molecule has 0 aliphatic carbocycles. The van der Waals surface area contributed by atoms with E-state index in [-0.39, 0.29) is 5.91 Å². The van der Waals surface area contributed by atoms with E-state index in [0.29, 0.717) is 5.69 Å². The number of aryl methyl sites for hydroxylation is 1. The molecule has 0 saturated carbocycles. The fourth-order valence-electron chi connectivity index (χ4n) is 2.47. The fourth-order valence-corrected chi connectivity index (χ4v) is 3.13. The predicted octanol–water partition coefficient (Wildman–Crippen LogP) is 3.14. The zero-order chi connectivity index (χ0) is 13.9. The van der Waals surface area contributed by atoms with E-state index in [2.05, 4.69) is 16.5 Å². The molecule has 1 aliphatic heterocycles. The van der Waals surface area contributed by atoms with Crippen molar-refractivity contribution < 1.29 is 4.79 Å². The molecule has 0 bridgehead atoms. The monoisotopic (exact) mass is 287 g/mol. The van der Waals surface area contributed by atoms with Gasteiger partial charge in [0.15, 0.2) is 5.69 Å². The summed E-state index contributed by atoms with van der Waals surface area (Å²) in [7, 11) is 0. The molecule has 1 aromatic heterocycles. The molecule has 1 aliphatic rings. The van der Waals surface area contributed by atoms with Gasteiger partial charge in [-0.05, 0) is 43.3 Å². The van der Waals surface area contributed by atoms with Gasteiger partial charge < -0.3 is 4.90 Å². The zero-order valence-corrected chi connectivity index (χ0v) is 12.3. The van der Waals surface area contributed by atoms with Gasteiger partial charge in [-0.3, -0.25) is 4.79 Å². The van der Waals surface area contributed by atoms with Crippen molar-refractivity contribution >= 4 is 17.4 Å². The quantitative estimate of drug-likeness (QED) is 0.852. The minimum atomic E-state index is 0.0222. The number of piperidine rings is 1. The van der Waals surface area contributed by atoms with Crippen molar-refractivity contribution in [3.8, 4) is 10.4 Å². The van der Waals surface area contributed by atoms with E-state index >= 15 is 0 Å². The molecule has 0 unspecified atom stereocenters. The first-order valence-corrected chi connectivity index (χ1v) is 7.72. The van der Waals surface area contributed by atoms with Crippen LogP contribution in [-0.4, -0.2) is 33.5 Å². The summed E-state index contributed by atoms with van der Waals surface area (Å²) >= 11 is 1.29. The second-order valence-corrected chi connectivity index (χ2v) is 5.92. The second-order valence-electron chi connectivity index (χ2n) is 5.17. The highest BCUT2D eigenvalue weighted by molar-refractivity contribution is 7.09. The molecule has 20 heavy (non-hydrogen) atoms. The molecule has 3 rings (SSSR count). The summed E-state index contributed by atoms with van der Waals surface area (Å²) in [5.74, 6) is 0.0222. The third kappa shape index (κ3) is 2.58. The van der Waals surface area contributed by atoms with E-state index in [0.717, 1.165) is 36.4 Å². The number of aromatic nitrogens is 2. The van der Waals surface area contributed by atoms with E-state index < -0.39 is 0 Å². The lowest BCUT2D eigenvalue weighted by molar-refractivity contribution is 0.0719. The second kappa shape index (κ2) is 5.71.